The van der Waals surface area contributed by atoms with E-state index in [-0.39, 0.29) is 6.61 Å². The molecule has 0 unspecified atom stereocenters. The number of nitrogens with zero attached hydrogens (tertiary/aromatic N) is 3. The molecule has 0 amide bonds. The van der Waals surface area contributed by atoms with Gasteiger partial charge in [-0.2, -0.15) is 5.10 Å². The van der Waals surface area contributed by atoms with Gasteiger partial charge in [0.25, 0.3) is 0 Å². The summed E-state index contributed by atoms with van der Waals surface area (Å²) in [5, 5.41) is 8.59. The second kappa shape index (κ2) is 9.26. The summed E-state index contributed by atoms with van der Waals surface area (Å²) in [4.78, 5) is 12.2. The molecule has 156 valence electrons. The molecule has 0 radical (unpaired) electrons. The Morgan fingerprint density at radius 3 is 2.58 bits per heavy atom. The van der Waals surface area contributed by atoms with Gasteiger partial charge >= 0.3 is 5.97 Å². The molecule has 0 aliphatic rings. The molecule has 0 aliphatic heterocycles. The zero-order valence-corrected chi connectivity index (χ0v) is 17.5. The summed E-state index contributed by atoms with van der Waals surface area (Å²) in [6.07, 6.45) is 5.08. The fraction of sp³-hybridized carbons (Fsp3) is 0.160. The predicted molar refractivity (Wildman–Crippen MR) is 118 cm³/mol. The van der Waals surface area contributed by atoms with Gasteiger partial charge in [-0.15, -0.1) is 0 Å². The first kappa shape index (κ1) is 20.3. The van der Waals surface area contributed by atoms with Gasteiger partial charge in [-0.3, -0.25) is 4.68 Å². The first-order valence-corrected chi connectivity index (χ1v) is 10.0. The third-order valence-corrected chi connectivity index (χ3v) is 4.74. The number of hydrogen-bond acceptors (Lipinski definition) is 5. The lowest BCUT2D eigenvalue weighted by molar-refractivity contribution is -0.139. The highest BCUT2D eigenvalue weighted by Crippen LogP contribution is 2.24. The van der Waals surface area contributed by atoms with E-state index in [1.165, 1.54) is 11.6 Å². The molecule has 2 aromatic heterocycles. The van der Waals surface area contributed by atoms with Crippen molar-refractivity contribution in [3.05, 3.63) is 101 Å². The van der Waals surface area contributed by atoms with Crippen LogP contribution < -0.4 is 0 Å². The van der Waals surface area contributed by atoms with E-state index in [0.29, 0.717) is 18.0 Å². The summed E-state index contributed by atoms with van der Waals surface area (Å²) in [5.74, 6) is 0.224. The Bertz CT molecular complexity index is 1190. The highest BCUT2D eigenvalue weighted by Gasteiger charge is 2.11. The maximum atomic E-state index is 12.2. The monoisotopic (exact) mass is 413 g/mol. The highest BCUT2D eigenvalue weighted by molar-refractivity contribution is 5.88. The SMILES string of the molecule is Cc1ccc(-c2nn(Cc3ccccc3)cc2/C=C/C(=O)OCc2cc(C)on2)cc1. The molecular formula is C25H23N3O3. The molecule has 6 heteroatoms. The van der Waals surface area contributed by atoms with E-state index in [9.17, 15) is 4.79 Å². The van der Waals surface area contributed by atoms with Crippen molar-refractivity contribution in [2.24, 2.45) is 0 Å². The molecule has 4 aromatic rings. The molecule has 0 saturated carbocycles. The van der Waals surface area contributed by atoms with Crippen LogP contribution in [0, 0.1) is 13.8 Å². The summed E-state index contributed by atoms with van der Waals surface area (Å²) >= 11 is 0. The number of carbonyl (C=O) groups excluding carboxylic acids is 1. The quantitative estimate of drug-likeness (QED) is 0.316. The van der Waals surface area contributed by atoms with Gasteiger partial charge in [0.05, 0.1) is 12.2 Å². The standard InChI is InChI=1S/C25H23N3O3/c1-18-8-10-21(11-9-18)25-22(16-28(26-25)15-20-6-4-3-5-7-20)12-13-24(29)30-17-23-14-19(2)31-27-23/h3-14,16H,15,17H2,1-2H3/b13-12+. The second-order valence-electron chi connectivity index (χ2n) is 7.35. The number of benzene rings is 2. The molecule has 6 nitrogen and oxygen atoms in total. The Morgan fingerprint density at radius 2 is 1.87 bits per heavy atom. The van der Waals surface area contributed by atoms with Gasteiger partial charge in [0, 0.05) is 29.5 Å². The maximum absolute atomic E-state index is 12.2. The molecule has 4 rings (SSSR count). The summed E-state index contributed by atoms with van der Waals surface area (Å²) in [6.45, 7) is 4.55. The van der Waals surface area contributed by atoms with Crippen molar-refractivity contribution in [3.63, 3.8) is 0 Å². The van der Waals surface area contributed by atoms with Crippen molar-refractivity contribution in [2.75, 3.05) is 0 Å². The van der Waals surface area contributed by atoms with Crippen LogP contribution in [0.1, 0.15) is 28.1 Å². The number of hydrogen-bond donors (Lipinski definition) is 0. The molecule has 2 aromatic carbocycles. The van der Waals surface area contributed by atoms with Gasteiger partial charge in [-0.05, 0) is 25.5 Å². The fourth-order valence-electron chi connectivity index (χ4n) is 3.18. The van der Waals surface area contributed by atoms with Crippen LogP contribution in [0.4, 0.5) is 0 Å². The van der Waals surface area contributed by atoms with Crippen molar-refractivity contribution in [3.8, 4) is 11.3 Å². The number of esters is 1. The van der Waals surface area contributed by atoms with Crippen LogP contribution in [0.5, 0.6) is 0 Å². The Labute approximate surface area is 180 Å². The van der Waals surface area contributed by atoms with Gasteiger partial charge in [0.15, 0.2) is 0 Å². The van der Waals surface area contributed by atoms with Crippen LogP contribution in [0.15, 0.2) is 77.5 Å². The lowest BCUT2D eigenvalue weighted by atomic mass is 10.1. The summed E-state index contributed by atoms with van der Waals surface area (Å²) in [6, 6.07) is 20.0. The third-order valence-electron chi connectivity index (χ3n) is 4.74. The van der Waals surface area contributed by atoms with Crippen molar-refractivity contribution >= 4 is 12.0 Å². The lowest BCUT2D eigenvalue weighted by Gasteiger charge is -2.02. The fourth-order valence-corrected chi connectivity index (χ4v) is 3.18. The molecule has 0 atom stereocenters. The molecule has 0 spiro atoms. The van der Waals surface area contributed by atoms with E-state index < -0.39 is 5.97 Å². The Kier molecular flexibility index (Phi) is 6.08. The van der Waals surface area contributed by atoms with Crippen molar-refractivity contribution < 1.29 is 14.1 Å². The molecule has 0 bridgehead atoms. The van der Waals surface area contributed by atoms with Gasteiger partial charge in [0.1, 0.15) is 18.1 Å². The average molecular weight is 413 g/mol. The van der Waals surface area contributed by atoms with Gasteiger partial charge in [-0.25, -0.2) is 4.79 Å². The van der Waals surface area contributed by atoms with E-state index in [0.717, 1.165) is 22.4 Å². The molecular weight excluding hydrogens is 390 g/mol. The first-order chi connectivity index (χ1) is 15.1. The zero-order chi connectivity index (χ0) is 21.6. The van der Waals surface area contributed by atoms with Gasteiger partial charge < -0.3 is 9.26 Å². The Morgan fingerprint density at radius 1 is 1.10 bits per heavy atom. The van der Waals surface area contributed by atoms with Crippen molar-refractivity contribution in [1.29, 1.82) is 0 Å². The summed E-state index contributed by atoms with van der Waals surface area (Å²) in [7, 11) is 0. The minimum atomic E-state index is -0.452. The minimum Gasteiger partial charge on any atom is -0.456 e. The highest BCUT2D eigenvalue weighted by atomic mass is 16.5. The number of rotatable bonds is 7. The number of carbonyl (C=O) groups is 1. The van der Waals surface area contributed by atoms with Gasteiger partial charge in [-0.1, -0.05) is 65.3 Å². The predicted octanol–water partition coefficient (Wildman–Crippen LogP) is 4.96. The lowest BCUT2D eigenvalue weighted by Crippen LogP contribution is -2.00. The molecule has 0 aliphatic carbocycles. The smallest absolute Gasteiger partial charge is 0.331 e. The largest absolute Gasteiger partial charge is 0.456 e. The molecule has 0 fully saturated rings. The molecule has 2 heterocycles. The normalized spacial score (nSPS) is 11.2. The van der Waals surface area contributed by atoms with Crippen LogP contribution in [-0.4, -0.2) is 20.9 Å². The van der Waals surface area contributed by atoms with E-state index in [2.05, 4.69) is 17.3 Å². The van der Waals surface area contributed by atoms with Crippen LogP contribution in [0.25, 0.3) is 17.3 Å². The maximum Gasteiger partial charge on any atom is 0.331 e. The van der Waals surface area contributed by atoms with Gasteiger partial charge in [0.2, 0.25) is 0 Å². The number of aromatic nitrogens is 3. The molecule has 0 saturated heterocycles. The van der Waals surface area contributed by atoms with Crippen LogP contribution >= 0.6 is 0 Å². The van der Waals surface area contributed by atoms with E-state index in [4.69, 9.17) is 14.4 Å². The van der Waals surface area contributed by atoms with Crippen molar-refractivity contribution in [2.45, 2.75) is 27.0 Å². The molecule has 0 N–H and O–H groups in total. The topological polar surface area (TPSA) is 70.2 Å². The first-order valence-electron chi connectivity index (χ1n) is 10.0. The average Bonchev–Trinajstić information content (AvgIpc) is 3.38. The van der Waals surface area contributed by atoms with Crippen molar-refractivity contribution in [1.82, 2.24) is 14.9 Å². The van der Waals surface area contributed by atoms with E-state index >= 15 is 0 Å². The van der Waals surface area contributed by atoms with Crippen LogP contribution in [0.3, 0.4) is 0 Å². The third kappa shape index (κ3) is 5.36. The zero-order valence-electron chi connectivity index (χ0n) is 17.5. The molecule has 31 heavy (non-hydrogen) atoms. The second-order valence-corrected chi connectivity index (χ2v) is 7.35. The minimum absolute atomic E-state index is 0.0681. The van der Waals surface area contributed by atoms with Crippen LogP contribution in [-0.2, 0) is 22.7 Å². The number of ether oxygens (including phenoxy) is 1. The van der Waals surface area contributed by atoms with E-state index in [1.807, 2.05) is 60.3 Å². The van der Waals surface area contributed by atoms with Crippen LogP contribution in [0.2, 0.25) is 0 Å². The summed E-state index contributed by atoms with van der Waals surface area (Å²) < 4.78 is 12.1. The Balaban J connectivity index is 1.54. The summed E-state index contributed by atoms with van der Waals surface area (Å²) in [5.41, 5.74) is 5.55. The number of aryl methyl sites for hydroxylation is 2. The Hall–Kier alpha value is -3.93. The van der Waals surface area contributed by atoms with E-state index in [1.54, 1.807) is 19.1 Å².